The predicted octanol–water partition coefficient (Wildman–Crippen LogP) is 5.06. The molecule has 2 aromatic heterocycles. The van der Waals surface area contributed by atoms with Crippen LogP contribution in [0.25, 0.3) is 21.3 Å². The standard InChI is InChI=1S/C24H21N3O2S/c1-4-29-20-11-9-17(10-12-20)21-15(2)30-23-22(21)24(28)27(16(3)26-23)14-19-8-6-5-7-18(19)13-25/h5-12H,4,14H2,1-3H3. The third-order valence-corrected chi connectivity index (χ3v) is 6.10. The third kappa shape index (κ3) is 3.49. The molecule has 5 nitrogen and oxygen atoms in total. The molecule has 0 N–H and O–H groups in total. The molecular weight excluding hydrogens is 394 g/mol. The van der Waals surface area contributed by atoms with E-state index in [4.69, 9.17) is 9.72 Å². The predicted molar refractivity (Wildman–Crippen MR) is 120 cm³/mol. The highest BCUT2D eigenvalue weighted by molar-refractivity contribution is 7.19. The van der Waals surface area contributed by atoms with E-state index in [2.05, 4.69) is 6.07 Å². The summed E-state index contributed by atoms with van der Waals surface area (Å²) in [5, 5.41) is 10.0. The van der Waals surface area contributed by atoms with Gasteiger partial charge < -0.3 is 4.74 Å². The van der Waals surface area contributed by atoms with Gasteiger partial charge in [0, 0.05) is 10.4 Å². The summed E-state index contributed by atoms with van der Waals surface area (Å²) in [6.45, 7) is 6.72. The minimum Gasteiger partial charge on any atom is -0.494 e. The van der Waals surface area contributed by atoms with E-state index in [1.165, 1.54) is 11.3 Å². The number of ether oxygens (including phenoxy) is 1. The molecule has 0 amide bonds. The molecular formula is C24H21N3O2S. The van der Waals surface area contributed by atoms with Gasteiger partial charge in [0.05, 0.1) is 30.2 Å². The second-order valence-electron chi connectivity index (χ2n) is 6.99. The van der Waals surface area contributed by atoms with E-state index in [1.54, 1.807) is 10.6 Å². The van der Waals surface area contributed by atoms with Gasteiger partial charge in [0.15, 0.2) is 0 Å². The van der Waals surface area contributed by atoms with E-state index in [0.717, 1.165) is 32.1 Å². The van der Waals surface area contributed by atoms with E-state index in [1.807, 2.05) is 63.2 Å². The van der Waals surface area contributed by atoms with Crippen LogP contribution in [0, 0.1) is 25.2 Å². The highest BCUT2D eigenvalue weighted by Crippen LogP contribution is 2.36. The van der Waals surface area contributed by atoms with Crippen molar-refractivity contribution in [3.05, 3.63) is 80.7 Å². The molecule has 0 aliphatic heterocycles. The van der Waals surface area contributed by atoms with Gasteiger partial charge >= 0.3 is 0 Å². The van der Waals surface area contributed by atoms with Crippen LogP contribution in [0.1, 0.15) is 28.8 Å². The van der Waals surface area contributed by atoms with Gasteiger partial charge in [-0.05, 0) is 50.1 Å². The van der Waals surface area contributed by atoms with Gasteiger partial charge in [-0.25, -0.2) is 4.98 Å². The normalized spacial score (nSPS) is 10.9. The minimum absolute atomic E-state index is 0.0847. The van der Waals surface area contributed by atoms with Crippen molar-refractivity contribution in [3.8, 4) is 22.9 Å². The lowest BCUT2D eigenvalue weighted by Crippen LogP contribution is -2.24. The number of thiophene rings is 1. The van der Waals surface area contributed by atoms with E-state index in [0.29, 0.717) is 29.9 Å². The molecule has 0 aliphatic carbocycles. The van der Waals surface area contributed by atoms with Gasteiger partial charge in [-0.1, -0.05) is 30.3 Å². The molecule has 0 aliphatic rings. The number of nitrogens with zero attached hydrogens (tertiary/aromatic N) is 3. The quantitative estimate of drug-likeness (QED) is 0.457. The van der Waals surface area contributed by atoms with E-state index in [9.17, 15) is 10.1 Å². The smallest absolute Gasteiger partial charge is 0.263 e. The molecule has 0 radical (unpaired) electrons. The lowest BCUT2D eigenvalue weighted by atomic mass is 10.0. The van der Waals surface area contributed by atoms with Crippen LogP contribution in [-0.4, -0.2) is 16.2 Å². The number of hydrogen-bond acceptors (Lipinski definition) is 5. The Labute approximate surface area is 178 Å². The van der Waals surface area contributed by atoms with Crippen molar-refractivity contribution in [2.75, 3.05) is 6.61 Å². The van der Waals surface area contributed by atoms with Crippen LogP contribution in [0.5, 0.6) is 5.75 Å². The molecule has 6 heteroatoms. The SMILES string of the molecule is CCOc1ccc(-c2c(C)sc3nc(C)n(Cc4ccccc4C#N)c(=O)c23)cc1. The Morgan fingerprint density at radius 3 is 2.57 bits per heavy atom. The topological polar surface area (TPSA) is 67.9 Å². The van der Waals surface area contributed by atoms with Crippen LogP contribution in [0.15, 0.2) is 53.3 Å². The fourth-order valence-electron chi connectivity index (χ4n) is 3.65. The van der Waals surface area contributed by atoms with E-state index in [-0.39, 0.29) is 5.56 Å². The van der Waals surface area contributed by atoms with Crippen LogP contribution >= 0.6 is 11.3 Å². The first kappa shape index (κ1) is 19.9. The summed E-state index contributed by atoms with van der Waals surface area (Å²) < 4.78 is 7.20. The number of nitriles is 1. The molecule has 0 fully saturated rings. The molecule has 0 unspecified atom stereocenters. The highest BCUT2D eigenvalue weighted by Gasteiger charge is 2.19. The molecule has 0 bridgehead atoms. The van der Waals surface area contributed by atoms with Gasteiger partial charge in [-0.15, -0.1) is 11.3 Å². The maximum absolute atomic E-state index is 13.6. The first-order valence-electron chi connectivity index (χ1n) is 9.75. The minimum atomic E-state index is -0.0847. The summed E-state index contributed by atoms with van der Waals surface area (Å²) in [6, 6.07) is 17.4. The largest absolute Gasteiger partial charge is 0.494 e. The number of aromatic nitrogens is 2. The second-order valence-corrected chi connectivity index (χ2v) is 8.19. The van der Waals surface area contributed by atoms with Crippen molar-refractivity contribution in [1.82, 2.24) is 9.55 Å². The van der Waals surface area contributed by atoms with Gasteiger partial charge in [0.25, 0.3) is 5.56 Å². The van der Waals surface area contributed by atoms with Gasteiger partial charge in [0.1, 0.15) is 16.4 Å². The first-order chi connectivity index (χ1) is 14.5. The maximum atomic E-state index is 13.6. The molecule has 4 aromatic rings. The Balaban J connectivity index is 1.88. The van der Waals surface area contributed by atoms with Crippen LogP contribution in [0.3, 0.4) is 0 Å². The highest BCUT2D eigenvalue weighted by atomic mass is 32.1. The fourth-order valence-corrected chi connectivity index (χ4v) is 4.73. The Bertz CT molecular complexity index is 1330. The molecule has 4 rings (SSSR count). The number of aryl methyl sites for hydroxylation is 2. The maximum Gasteiger partial charge on any atom is 0.263 e. The van der Waals surface area contributed by atoms with Gasteiger partial charge in [-0.3, -0.25) is 9.36 Å². The summed E-state index contributed by atoms with van der Waals surface area (Å²) in [7, 11) is 0. The van der Waals surface area contributed by atoms with Crippen molar-refractivity contribution in [2.45, 2.75) is 27.3 Å². The monoisotopic (exact) mass is 415 g/mol. The molecule has 0 saturated heterocycles. The van der Waals surface area contributed by atoms with Crippen LogP contribution in [0.2, 0.25) is 0 Å². The summed E-state index contributed by atoms with van der Waals surface area (Å²) in [4.78, 5) is 20.1. The zero-order valence-electron chi connectivity index (χ0n) is 17.1. The summed E-state index contributed by atoms with van der Waals surface area (Å²) in [5.74, 6) is 1.44. The molecule has 0 atom stereocenters. The Morgan fingerprint density at radius 1 is 1.13 bits per heavy atom. The van der Waals surface area contributed by atoms with E-state index < -0.39 is 0 Å². The fraction of sp³-hybridized carbons (Fsp3) is 0.208. The molecule has 30 heavy (non-hydrogen) atoms. The van der Waals surface area contributed by atoms with Crippen molar-refractivity contribution in [2.24, 2.45) is 0 Å². The summed E-state index contributed by atoms with van der Waals surface area (Å²) in [6.07, 6.45) is 0. The van der Waals surface area contributed by atoms with Crippen LogP contribution in [-0.2, 0) is 6.54 Å². The third-order valence-electron chi connectivity index (χ3n) is 5.10. The van der Waals surface area contributed by atoms with Crippen molar-refractivity contribution < 1.29 is 4.74 Å². The average Bonchev–Trinajstić information content (AvgIpc) is 3.08. The number of hydrogen-bond donors (Lipinski definition) is 0. The zero-order valence-corrected chi connectivity index (χ0v) is 17.9. The van der Waals surface area contributed by atoms with Crippen LogP contribution < -0.4 is 10.3 Å². The van der Waals surface area contributed by atoms with Crippen LogP contribution in [0.4, 0.5) is 0 Å². The average molecular weight is 416 g/mol. The molecule has 2 aromatic carbocycles. The van der Waals surface area contributed by atoms with Gasteiger partial charge in [0.2, 0.25) is 0 Å². The zero-order chi connectivity index (χ0) is 21.3. The van der Waals surface area contributed by atoms with Crippen molar-refractivity contribution in [1.29, 1.82) is 5.26 Å². The molecule has 150 valence electrons. The van der Waals surface area contributed by atoms with Gasteiger partial charge in [-0.2, -0.15) is 5.26 Å². The van der Waals surface area contributed by atoms with E-state index >= 15 is 0 Å². The lowest BCUT2D eigenvalue weighted by molar-refractivity contribution is 0.340. The number of benzene rings is 2. The Hall–Kier alpha value is -3.43. The Morgan fingerprint density at radius 2 is 1.87 bits per heavy atom. The first-order valence-corrected chi connectivity index (χ1v) is 10.6. The molecule has 2 heterocycles. The second kappa shape index (κ2) is 8.13. The molecule has 0 spiro atoms. The number of fused-ring (bicyclic) bond motifs is 1. The summed E-state index contributed by atoms with van der Waals surface area (Å²) in [5.41, 5.74) is 3.17. The number of rotatable bonds is 5. The lowest BCUT2D eigenvalue weighted by Gasteiger charge is -2.11. The van der Waals surface area contributed by atoms with Crippen molar-refractivity contribution >= 4 is 21.6 Å². The molecule has 0 saturated carbocycles. The Kier molecular flexibility index (Phi) is 5.39. The summed E-state index contributed by atoms with van der Waals surface area (Å²) >= 11 is 1.53. The van der Waals surface area contributed by atoms with Crippen molar-refractivity contribution in [3.63, 3.8) is 0 Å².